The van der Waals surface area contributed by atoms with Crippen LogP contribution in [0.15, 0.2) is 42.6 Å². The topological polar surface area (TPSA) is 54.4 Å². The molecule has 0 aliphatic rings. The first-order chi connectivity index (χ1) is 10.5. The number of hydrogen-bond acceptors (Lipinski definition) is 4. The van der Waals surface area contributed by atoms with Gasteiger partial charge in [0.1, 0.15) is 5.75 Å². The molecule has 0 spiro atoms. The van der Waals surface area contributed by atoms with Crippen molar-refractivity contribution in [3.8, 4) is 11.6 Å². The molecule has 0 radical (unpaired) electrons. The Bertz CT molecular complexity index is 608. The van der Waals surface area contributed by atoms with Crippen molar-refractivity contribution in [3.63, 3.8) is 0 Å². The second kappa shape index (κ2) is 7.70. The van der Waals surface area contributed by atoms with Crippen molar-refractivity contribution in [2.45, 2.75) is 25.9 Å². The highest BCUT2D eigenvalue weighted by molar-refractivity contribution is 5.29. The lowest BCUT2D eigenvalue weighted by Gasteiger charge is -2.15. The molecule has 0 amide bonds. The Balaban J connectivity index is 1.92. The molecule has 0 unspecified atom stereocenters. The van der Waals surface area contributed by atoms with Gasteiger partial charge in [0.25, 0.3) is 6.43 Å². The molecule has 0 aliphatic heterocycles. The fraction of sp³-hybridized carbons (Fsp3) is 0.312. The molecule has 1 heterocycles. The molecule has 0 aliphatic carbocycles. The van der Waals surface area contributed by atoms with Gasteiger partial charge in [0, 0.05) is 24.8 Å². The third kappa shape index (κ3) is 4.96. The molecule has 2 aromatic rings. The molecule has 2 rings (SSSR count). The van der Waals surface area contributed by atoms with E-state index in [1.54, 1.807) is 30.3 Å². The molecular formula is C16H18F2N2O2. The molecule has 1 atom stereocenters. The van der Waals surface area contributed by atoms with Crippen LogP contribution in [0.3, 0.4) is 0 Å². The van der Waals surface area contributed by atoms with Crippen LogP contribution in [0.2, 0.25) is 0 Å². The fourth-order valence-corrected chi connectivity index (χ4v) is 1.97. The maximum absolute atomic E-state index is 12.1. The summed E-state index contributed by atoms with van der Waals surface area (Å²) in [5.74, 6) is 0.405. The fourth-order valence-electron chi connectivity index (χ4n) is 1.97. The van der Waals surface area contributed by atoms with Crippen LogP contribution >= 0.6 is 0 Å². The Morgan fingerprint density at radius 3 is 2.82 bits per heavy atom. The number of phenols is 1. The summed E-state index contributed by atoms with van der Waals surface area (Å²) in [6.07, 6.45) is -0.994. The zero-order valence-electron chi connectivity index (χ0n) is 12.2. The standard InChI is InChI=1S/C16H18F2N2O2/c1-11(13-3-2-4-14(21)8-13)20-9-12-5-6-19-16(7-12)22-10-15(17)18/h2-8,11,15,20-21H,9-10H2,1H3/t11-/m0/s1. The van der Waals surface area contributed by atoms with Gasteiger partial charge in [-0.3, -0.25) is 0 Å². The number of ether oxygens (including phenoxy) is 1. The summed E-state index contributed by atoms with van der Waals surface area (Å²) in [4.78, 5) is 3.89. The Morgan fingerprint density at radius 2 is 2.09 bits per heavy atom. The zero-order chi connectivity index (χ0) is 15.9. The quantitative estimate of drug-likeness (QED) is 0.824. The van der Waals surface area contributed by atoms with E-state index in [-0.39, 0.29) is 17.7 Å². The van der Waals surface area contributed by atoms with Gasteiger partial charge in [0.05, 0.1) is 0 Å². The Hall–Kier alpha value is -2.21. The second-order valence-corrected chi connectivity index (χ2v) is 4.90. The number of alkyl halides is 2. The van der Waals surface area contributed by atoms with Crippen LogP contribution < -0.4 is 10.1 Å². The molecule has 6 heteroatoms. The van der Waals surface area contributed by atoms with Crippen molar-refractivity contribution in [2.24, 2.45) is 0 Å². The predicted octanol–water partition coefficient (Wildman–Crippen LogP) is 3.28. The van der Waals surface area contributed by atoms with Gasteiger partial charge in [-0.25, -0.2) is 13.8 Å². The highest BCUT2D eigenvalue weighted by Gasteiger charge is 2.07. The van der Waals surface area contributed by atoms with Gasteiger partial charge in [0.15, 0.2) is 6.61 Å². The molecule has 0 bridgehead atoms. The number of phenolic OH excluding ortho intramolecular Hbond substituents is 1. The van der Waals surface area contributed by atoms with Crippen LogP contribution in [0.4, 0.5) is 8.78 Å². The SMILES string of the molecule is C[C@H](NCc1ccnc(OCC(F)F)c1)c1cccc(O)c1. The summed E-state index contributed by atoms with van der Waals surface area (Å²) in [7, 11) is 0. The molecule has 22 heavy (non-hydrogen) atoms. The van der Waals surface area contributed by atoms with Gasteiger partial charge in [-0.15, -0.1) is 0 Å². The summed E-state index contributed by atoms with van der Waals surface area (Å²) < 4.78 is 29.1. The molecule has 4 nitrogen and oxygen atoms in total. The minimum Gasteiger partial charge on any atom is -0.508 e. The molecule has 0 saturated carbocycles. The van der Waals surface area contributed by atoms with Gasteiger partial charge in [-0.05, 0) is 36.2 Å². The number of hydrogen-bond donors (Lipinski definition) is 2. The van der Waals surface area contributed by atoms with Gasteiger partial charge in [-0.1, -0.05) is 12.1 Å². The monoisotopic (exact) mass is 308 g/mol. The summed E-state index contributed by atoms with van der Waals surface area (Å²) in [6.45, 7) is 1.85. The van der Waals surface area contributed by atoms with Crippen LogP contribution in [0.25, 0.3) is 0 Å². The number of aromatic hydroxyl groups is 1. The third-order valence-electron chi connectivity index (χ3n) is 3.14. The van der Waals surface area contributed by atoms with Crippen LogP contribution in [-0.4, -0.2) is 23.1 Å². The van der Waals surface area contributed by atoms with E-state index >= 15 is 0 Å². The minimum absolute atomic E-state index is 0.0331. The van der Waals surface area contributed by atoms with Crippen molar-refractivity contribution in [3.05, 3.63) is 53.7 Å². The van der Waals surface area contributed by atoms with Gasteiger partial charge < -0.3 is 15.2 Å². The van der Waals surface area contributed by atoms with E-state index in [9.17, 15) is 13.9 Å². The second-order valence-electron chi connectivity index (χ2n) is 4.90. The maximum Gasteiger partial charge on any atom is 0.272 e. The largest absolute Gasteiger partial charge is 0.508 e. The highest BCUT2D eigenvalue weighted by Crippen LogP contribution is 2.18. The smallest absolute Gasteiger partial charge is 0.272 e. The van der Waals surface area contributed by atoms with E-state index in [0.717, 1.165) is 11.1 Å². The first-order valence-electron chi connectivity index (χ1n) is 6.93. The van der Waals surface area contributed by atoms with Crippen molar-refractivity contribution in [1.29, 1.82) is 0 Å². The zero-order valence-corrected chi connectivity index (χ0v) is 12.2. The van der Waals surface area contributed by atoms with E-state index in [1.165, 1.54) is 6.20 Å². The van der Waals surface area contributed by atoms with Gasteiger partial charge >= 0.3 is 0 Å². The molecule has 0 saturated heterocycles. The van der Waals surface area contributed by atoms with E-state index in [0.29, 0.717) is 6.54 Å². The minimum atomic E-state index is -2.52. The number of aromatic nitrogens is 1. The predicted molar refractivity (Wildman–Crippen MR) is 79.1 cm³/mol. The summed E-state index contributed by atoms with van der Waals surface area (Å²) in [5, 5.41) is 12.8. The molecule has 118 valence electrons. The van der Waals surface area contributed by atoms with Crippen LogP contribution in [0.5, 0.6) is 11.6 Å². The summed E-state index contributed by atoms with van der Waals surface area (Å²) in [6, 6.07) is 10.5. The van der Waals surface area contributed by atoms with E-state index in [2.05, 4.69) is 10.3 Å². The summed E-state index contributed by atoms with van der Waals surface area (Å²) in [5.41, 5.74) is 1.84. The highest BCUT2D eigenvalue weighted by atomic mass is 19.3. The van der Waals surface area contributed by atoms with E-state index in [1.807, 2.05) is 13.0 Å². The average molecular weight is 308 g/mol. The van der Waals surface area contributed by atoms with Crippen LogP contribution in [0, 0.1) is 0 Å². The number of halogens is 2. The van der Waals surface area contributed by atoms with E-state index < -0.39 is 13.0 Å². The Morgan fingerprint density at radius 1 is 1.27 bits per heavy atom. The van der Waals surface area contributed by atoms with Crippen LogP contribution in [-0.2, 0) is 6.54 Å². The first-order valence-corrected chi connectivity index (χ1v) is 6.93. The van der Waals surface area contributed by atoms with Gasteiger partial charge in [0.2, 0.25) is 5.88 Å². The van der Waals surface area contributed by atoms with Crippen molar-refractivity contribution in [1.82, 2.24) is 10.3 Å². The van der Waals surface area contributed by atoms with Crippen molar-refractivity contribution < 1.29 is 18.6 Å². The molecular weight excluding hydrogens is 290 g/mol. The average Bonchev–Trinajstić information content (AvgIpc) is 2.51. The number of benzene rings is 1. The van der Waals surface area contributed by atoms with Crippen LogP contribution in [0.1, 0.15) is 24.1 Å². The number of nitrogens with zero attached hydrogens (tertiary/aromatic N) is 1. The lowest BCUT2D eigenvalue weighted by atomic mass is 10.1. The Labute approximate surface area is 127 Å². The molecule has 0 fully saturated rings. The molecule has 2 N–H and O–H groups in total. The van der Waals surface area contributed by atoms with Gasteiger partial charge in [-0.2, -0.15) is 0 Å². The lowest BCUT2D eigenvalue weighted by Crippen LogP contribution is -2.18. The molecule has 1 aromatic heterocycles. The Kier molecular flexibility index (Phi) is 5.66. The third-order valence-corrected chi connectivity index (χ3v) is 3.14. The number of rotatable bonds is 7. The molecule has 1 aromatic carbocycles. The van der Waals surface area contributed by atoms with Crippen molar-refractivity contribution >= 4 is 0 Å². The van der Waals surface area contributed by atoms with E-state index in [4.69, 9.17) is 4.74 Å². The maximum atomic E-state index is 12.1. The normalized spacial score (nSPS) is 12.4. The first kappa shape index (κ1) is 16.2. The lowest BCUT2D eigenvalue weighted by molar-refractivity contribution is 0.0795. The summed E-state index contributed by atoms with van der Waals surface area (Å²) >= 11 is 0. The number of nitrogens with one attached hydrogen (secondary N) is 1. The number of pyridine rings is 1. The van der Waals surface area contributed by atoms with Crippen molar-refractivity contribution in [2.75, 3.05) is 6.61 Å².